The van der Waals surface area contributed by atoms with E-state index in [9.17, 15) is 5.11 Å². The average molecular weight is 216 g/mol. The van der Waals surface area contributed by atoms with Crippen LogP contribution in [-0.2, 0) is 6.42 Å². The summed E-state index contributed by atoms with van der Waals surface area (Å²) < 4.78 is 5.43. The SMILES string of the molecule is CCC(O)c1coc(Cc2ccccc2)c1. The minimum Gasteiger partial charge on any atom is -0.469 e. The summed E-state index contributed by atoms with van der Waals surface area (Å²) in [5.41, 5.74) is 2.09. The van der Waals surface area contributed by atoms with Crippen LogP contribution in [0.2, 0.25) is 0 Å². The van der Waals surface area contributed by atoms with Crippen LogP contribution in [0.15, 0.2) is 47.1 Å². The zero-order valence-electron chi connectivity index (χ0n) is 9.39. The maximum Gasteiger partial charge on any atom is 0.108 e. The van der Waals surface area contributed by atoms with Crippen LogP contribution >= 0.6 is 0 Å². The van der Waals surface area contributed by atoms with E-state index in [0.29, 0.717) is 6.42 Å². The zero-order chi connectivity index (χ0) is 11.4. The van der Waals surface area contributed by atoms with Gasteiger partial charge in [0, 0.05) is 12.0 Å². The van der Waals surface area contributed by atoms with Crippen LogP contribution in [0.1, 0.15) is 36.3 Å². The van der Waals surface area contributed by atoms with E-state index < -0.39 is 6.10 Å². The van der Waals surface area contributed by atoms with Gasteiger partial charge in [-0.3, -0.25) is 0 Å². The molecule has 1 unspecified atom stereocenters. The Balaban J connectivity index is 2.09. The Morgan fingerprint density at radius 1 is 1.25 bits per heavy atom. The predicted octanol–water partition coefficient (Wildman–Crippen LogP) is 3.31. The highest BCUT2D eigenvalue weighted by Gasteiger charge is 2.09. The van der Waals surface area contributed by atoms with Gasteiger partial charge in [0.2, 0.25) is 0 Å². The van der Waals surface area contributed by atoms with Crippen LogP contribution in [-0.4, -0.2) is 5.11 Å². The quantitative estimate of drug-likeness (QED) is 0.850. The van der Waals surface area contributed by atoms with Crippen LogP contribution in [0.4, 0.5) is 0 Å². The van der Waals surface area contributed by atoms with Gasteiger partial charge in [0.1, 0.15) is 5.76 Å². The minimum atomic E-state index is -0.409. The van der Waals surface area contributed by atoms with Gasteiger partial charge in [-0.15, -0.1) is 0 Å². The van der Waals surface area contributed by atoms with Crippen LogP contribution in [0.5, 0.6) is 0 Å². The Hall–Kier alpha value is -1.54. The highest BCUT2D eigenvalue weighted by atomic mass is 16.3. The average Bonchev–Trinajstić information content (AvgIpc) is 2.78. The molecule has 1 heterocycles. The summed E-state index contributed by atoms with van der Waals surface area (Å²) in [5, 5.41) is 9.65. The third kappa shape index (κ3) is 2.52. The van der Waals surface area contributed by atoms with Crippen molar-refractivity contribution in [2.24, 2.45) is 0 Å². The molecule has 84 valence electrons. The molecule has 0 bridgehead atoms. The van der Waals surface area contributed by atoms with E-state index in [1.165, 1.54) is 5.56 Å². The van der Waals surface area contributed by atoms with Gasteiger partial charge in [-0.1, -0.05) is 37.3 Å². The summed E-state index contributed by atoms with van der Waals surface area (Å²) in [6.45, 7) is 1.95. The lowest BCUT2D eigenvalue weighted by Gasteiger charge is -2.01. The van der Waals surface area contributed by atoms with E-state index in [1.807, 2.05) is 31.2 Å². The summed E-state index contributed by atoms with van der Waals surface area (Å²) in [7, 11) is 0. The molecule has 16 heavy (non-hydrogen) atoms. The summed E-state index contributed by atoms with van der Waals surface area (Å²) >= 11 is 0. The van der Waals surface area contributed by atoms with E-state index in [0.717, 1.165) is 17.7 Å². The molecule has 2 nitrogen and oxygen atoms in total. The van der Waals surface area contributed by atoms with Crippen molar-refractivity contribution >= 4 is 0 Å². The van der Waals surface area contributed by atoms with Crippen LogP contribution in [0, 0.1) is 0 Å². The van der Waals surface area contributed by atoms with Crippen molar-refractivity contribution in [1.29, 1.82) is 0 Å². The number of aliphatic hydroxyl groups is 1. The number of hydrogen-bond acceptors (Lipinski definition) is 2. The van der Waals surface area contributed by atoms with Gasteiger partial charge in [-0.25, -0.2) is 0 Å². The summed E-state index contributed by atoms with van der Waals surface area (Å²) in [5.74, 6) is 0.897. The molecular formula is C14H16O2. The second-order valence-corrected chi connectivity index (χ2v) is 3.93. The molecule has 0 fully saturated rings. The Bertz CT molecular complexity index is 431. The first-order chi connectivity index (χ1) is 7.79. The molecule has 0 aliphatic heterocycles. The molecule has 1 aromatic heterocycles. The summed E-state index contributed by atoms with van der Waals surface area (Å²) in [4.78, 5) is 0. The molecule has 0 radical (unpaired) electrons. The highest BCUT2D eigenvalue weighted by Crippen LogP contribution is 2.20. The minimum absolute atomic E-state index is 0.409. The van der Waals surface area contributed by atoms with Crippen molar-refractivity contribution in [2.45, 2.75) is 25.9 Å². The van der Waals surface area contributed by atoms with Gasteiger partial charge in [0.05, 0.1) is 12.4 Å². The topological polar surface area (TPSA) is 33.4 Å². The van der Waals surface area contributed by atoms with E-state index in [2.05, 4.69) is 12.1 Å². The molecule has 2 heteroatoms. The summed E-state index contributed by atoms with van der Waals surface area (Å²) in [6, 6.07) is 12.1. The second-order valence-electron chi connectivity index (χ2n) is 3.93. The highest BCUT2D eigenvalue weighted by molar-refractivity contribution is 5.23. The van der Waals surface area contributed by atoms with Crippen molar-refractivity contribution in [1.82, 2.24) is 0 Å². The summed E-state index contributed by atoms with van der Waals surface area (Å²) in [6.07, 6.45) is 2.72. The van der Waals surface area contributed by atoms with Crippen molar-refractivity contribution in [3.05, 3.63) is 59.5 Å². The second kappa shape index (κ2) is 4.99. The molecule has 0 aliphatic rings. The Morgan fingerprint density at radius 2 is 2.00 bits per heavy atom. The van der Waals surface area contributed by atoms with Gasteiger partial charge >= 0.3 is 0 Å². The van der Waals surface area contributed by atoms with Crippen LogP contribution < -0.4 is 0 Å². The maximum atomic E-state index is 9.65. The first kappa shape index (κ1) is 11.0. The fourth-order valence-corrected chi connectivity index (χ4v) is 1.70. The number of furan rings is 1. The molecule has 1 atom stereocenters. The number of hydrogen-bond donors (Lipinski definition) is 1. The van der Waals surface area contributed by atoms with Gasteiger partial charge < -0.3 is 9.52 Å². The van der Waals surface area contributed by atoms with Crippen molar-refractivity contribution in [2.75, 3.05) is 0 Å². The molecule has 0 spiro atoms. The number of aliphatic hydroxyl groups excluding tert-OH is 1. The molecular weight excluding hydrogens is 200 g/mol. The van der Waals surface area contributed by atoms with E-state index >= 15 is 0 Å². The Labute approximate surface area is 95.5 Å². The fourth-order valence-electron chi connectivity index (χ4n) is 1.70. The van der Waals surface area contributed by atoms with Crippen molar-refractivity contribution in [3.63, 3.8) is 0 Å². The van der Waals surface area contributed by atoms with Gasteiger partial charge in [-0.05, 0) is 18.1 Å². The van der Waals surface area contributed by atoms with E-state index in [1.54, 1.807) is 6.26 Å². The lowest BCUT2D eigenvalue weighted by Crippen LogP contribution is -1.91. The normalized spacial score (nSPS) is 12.6. The maximum absolute atomic E-state index is 9.65. The molecule has 0 amide bonds. The van der Waals surface area contributed by atoms with Gasteiger partial charge in [-0.2, -0.15) is 0 Å². The van der Waals surface area contributed by atoms with Crippen molar-refractivity contribution < 1.29 is 9.52 Å². The van der Waals surface area contributed by atoms with Crippen LogP contribution in [0.3, 0.4) is 0 Å². The molecule has 2 aromatic rings. The smallest absolute Gasteiger partial charge is 0.108 e. The van der Waals surface area contributed by atoms with Crippen LogP contribution in [0.25, 0.3) is 0 Å². The molecule has 1 aromatic carbocycles. The Morgan fingerprint density at radius 3 is 2.69 bits per heavy atom. The first-order valence-electron chi connectivity index (χ1n) is 5.59. The Kier molecular flexibility index (Phi) is 3.42. The van der Waals surface area contributed by atoms with Crippen molar-refractivity contribution in [3.8, 4) is 0 Å². The van der Waals surface area contributed by atoms with Gasteiger partial charge in [0.15, 0.2) is 0 Å². The molecule has 0 saturated heterocycles. The molecule has 1 N–H and O–H groups in total. The third-order valence-corrected chi connectivity index (χ3v) is 2.67. The first-order valence-corrected chi connectivity index (χ1v) is 5.59. The third-order valence-electron chi connectivity index (χ3n) is 2.67. The number of rotatable bonds is 4. The largest absolute Gasteiger partial charge is 0.469 e. The molecule has 0 aliphatic carbocycles. The molecule has 0 saturated carbocycles. The lowest BCUT2D eigenvalue weighted by atomic mass is 10.1. The monoisotopic (exact) mass is 216 g/mol. The van der Waals surface area contributed by atoms with Gasteiger partial charge in [0.25, 0.3) is 0 Å². The van der Waals surface area contributed by atoms with E-state index in [4.69, 9.17) is 4.42 Å². The predicted molar refractivity (Wildman–Crippen MR) is 63.2 cm³/mol. The molecule has 2 rings (SSSR count). The van der Waals surface area contributed by atoms with E-state index in [-0.39, 0.29) is 0 Å². The standard InChI is InChI=1S/C14H16O2/c1-2-14(15)12-9-13(16-10-12)8-11-6-4-3-5-7-11/h3-7,9-10,14-15H,2,8H2,1H3. The fraction of sp³-hybridized carbons (Fsp3) is 0.286. The number of benzene rings is 1. The lowest BCUT2D eigenvalue weighted by molar-refractivity contribution is 0.173. The zero-order valence-corrected chi connectivity index (χ0v) is 9.39.